The first kappa shape index (κ1) is 11.9. The molecule has 0 radical (unpaired) electrons. The molecule has 1 amide bonds. The van der Waals surface area contributed by atoms with E-state index in [9.17, 15) is 9.18 Å². The van der Waals surface area contributed by atoms with Gasteiger partial charge in [0.1, 0.15) is 0 Å². The Bertz CT molecular complexity index is 423. The normalized spacial score (nSPS) is 19.2. The van der Waals surface area contributed by atoms with E-state index in [0.29, 0.717) is 25.1 Å². The Morgan fingerprint density at radius 3 is 3.06 bits per heavy atom. The molecule has 0 bridgehead atoms. The summed E-state index contributed by atoms with van der Waals surface area (Å²) in [6.07, 6.45) is 0.450. The van der Waals surface area contributed by atoms with Crippen LogP contribution in [0.2, 0.25) is 0 Å². The van der Waals surface area contributed by atoms with Crippen molar-refractivity contribution in [1.29, 1.82) is 0 Å². The highest BCUT2D eigenvalue weighted by molar-refractivity contribution is 5.78. The molecule has 0 saturated carbocycles. The fraction of sp³-hybridized carbons (Fsp3) is 0.417. The van der Waals surface area contributed by atoms with Crippen LogP contribution < -0.4 is 15.4 Å². The predicted molar refractivity (Wildman–Crippen MR) is 61.2 cm³/mol. The first-order chi connectivity index (χ1) is 8.20. The molecular weight excluding hydrogens is 223 g/mol. The third-order valence-electron chi connectivity index (χ3n) is 2.82. The van der Waals surface area contributed by atoms with E-state index in [2.05, 4.69) is 10.6 Å². The van der Waals surface area contributed by atoms with Crippen LogP contribution in [0.3, 0.4) is 0 Å². The molecule has 4 nitrogen and oxygen atoms in total. The lowest BCUT2D eigenvalue weighted by atomic mass is 10.1. The SMILES string of the molecule is COc1cccc(CNC2CNC(=O)C2)c1F. The van der Waals surface area contributed by atoms with Crippen LogP contribution in [-0.4, -0.2) is 25.6 Å². The molecule has 2 rings (SSSR count). The van der Waals surface area contributed by atoms with Gasteiger partial charge in [0.2, 0.25) is 5.91 Å². The second-order valence-corrected chi connectivity index (χ2v) is 4.02. The molecule has 1 aliphatic rings. The molecule has 1 atom stereocenters. The van der Waals surface area contributed by atoms with E-state index in [4.69, 9.17) is 4.74 Å². The standard InChI is InChI=1S/C12H15FN2O2/c1-17-10-4-2-3-8(12(10)13)6-14-9-5-11(16)15-7-9/h2-4,9,14H,5-7H2,1H3,(H,15,16). The highest BCUT2D eigenvalue weighted by Crippen LogP contribution is 2.19. The third-order valence-corrected chi connectivity index (χ3v) is 2.82. The van der Waals surface area contributed by atoms with Crippen LogP contribution in [0, 0.1) is 5.82 Å². The van der Waals surface area contributed by atoms with Gasteiger partial charge in [0.15, 0.2) is 11.6 Å². The zero-order valence-electron chi connectivity index (χ0n) is 9.63. The number of carbonyl (C=O) groups excluding carboxylic acids is 1. The number of nitrogens with one attached hydrogen (secondary N) is 2. The highest BCUT2D eigenvalue weighted by atomic mass is 19.1. The number of halogens is 1. The van der Waals surface area contributed by atoms with Gasteiger partial charge in [-0.2, -0.15) is 0 Å². The Morgan fingerprint density at radius 1 is 1.59 bits per heavy atom. The summed E-state index contributed by atoms with van der Waals surface area (Å²) in [7, 11) is 1.44. The van der Waals surface area contributed by atoms with Crippen LogP contribution in [0.25, 0.3) is 0 Å². The topological polar surface area (TPSA) is 50.4 Å². The predicted octanol–water partition coefficient (Wildman–Crippen LogP) is 0.812. The van der Waals surface area contributed by atoms with Crippen molar-refractivity contribution in [3.8, 4) is 5.75 Å². The summed E-state index contributed by atoms with van der Waals surface area (Å²) in [6.45, 7) is 0.993. The lowest BCUT2D eigenvalue weighted by Crippen LogP contribution is -2.30. The Balaban J connectivity index is 1.97. The molecule has 92 valence electrons. The summed E-state index contributed by atoms with van der Waals surface area (Å²) < 4.78 is 18.7. The van der Waals surface area contributed by atoms with Gasteiger partial charge in [0.05, 0.1) is 7.11 Å². The number of hydrogen-bond donors (Lipinski definition) is 2. The van der Waals surface area contributed by atoms with Crippen LogP contribution in [0.5, 0.6) is 5.75 Å². The monoisotopic (exact) mass is 238 g/mol. The lowest BCUT2D eigenvalue weighted by Gasteiger charge is -2.12. The van der Waals surface area contributed by atoms with Crippen molar-refractivity contribution in [2.45, 2.75) is 19.0 Å². The Hall–Kier alpha value is -1.62. The molecule has 0 aliphatic carbocycles. The molecule has 0 spiro atoms. The van der Waals surface area contributed by atoms with Gasteiger partial charge in [-0.1, -0.05) is 12.1 Å². The maximum absolute atomic E-state index is 13.8. The van der Waals surface area contributed by atoms with Gasteiger partial charge < -0.3 is 15.4 Å². The molecule has 1 saturated heterocycles. The fourth-order valence-electron chi connectivity index (χ4n) is 1.85. The minimum absolute atomic E-state index is 0.0358. The molecule has 1 unspecified atom stereocenters. The van der Waals surface area contributed by atoms with Gasteiger partial charge in [-0.15, -0.1) is 0 Å². The Morgan fingerprint density at radius 2 is 2.41 bits per heavy atom. The summed E-state index contributed by atoms with van der Waals surface area (Å²) in [6, 6.07) is 5.11. The van der Waals surface area contributed by atoms with Gasteiger partial charge in [0.25, 0.3) is 0 Å². The molecule has 2 N–H and O–H groups in total. The smallest absolute Gasteiger partial charge is 0.221 e. The first-order valence-corrected chi connectivity index (χ1v) is 5.52. The van der Waals surface area contributed by atoms with Crippen molar-refractivity contribution in [2.75, 3.05) is 13.7 Å². The van der Waals surface area contributed by atoms with Crippen molar-refractivity contribution < 1.29 is 13.9 Å². The zero-order chi connectivity index (χ0) is 12.3. The van der Waals surface area contributed by atoms with Crippen LogP contribution in [0.1, 0.15) is 12.0 Å². The summed E-state index contributed by atoms with van der Waals surface area (Å²) in [4.78, 5) is 11.0. The van der Waals surface area contributed by atoms with Gasteiger partial charge in [-0.3, -0.25) is 4.79 Å². The van der Waals surface area contributed by atoms with E-state index in [1.165, 1.54) is 7.11 Å². The van der Waals surface area contributed by atoms with Crippen molar-refractivity contribution in [3.05, 3.63) is 29.6 Å². The van der Waals surface area contributed by atoms with Crippen LogP contribution in [-0.2, 0) is 11.3 Å². The molecular formula is C12H15FN2O2. The molecule has 5 heteroatoms. The molecule has 0 aromatic heterocycles. The summed E-state index contributed by atoms with van der Waals surface area (Å²) in [5.41, 5.74) is 0.545. The highest BCUT2D eigenvalue weighted by Gasteiger charge is 2.21. The minimum Gasteiger partial charge on any atom is -0.494 e. The number of methoxy groups -OCH3 is 1. The lowest BCUT2D eigenvalue weighted by molar-refractivity contribution is -0.119. The van der Waals surface area contributed by atoms with Gasteiger partial charge in [0, 0.05) is 31.1 Å². The maximum Gasteiger partial charge on any atom is 0.221 e. The zero-order valence-corrected chi connectivity index (χ0v) is 9.63. The average Bonchev–Trinajstić information content (AvgIpc) is 2.74. The van der Waals surface area contributed by atoms with E-state index in [1.54, 1.807) is 18.2 Å². The largest absolute Gasteiger partial charge is 0.494 e. The maximum atomic E-state index is 13.8. The van der Waals surface area contributed by atoms with Crippen LogP contribution >= 0.6 is 0 Å². The van der Waals surface area contributed by atoms with E-state index >= 15 is 0 Å². The van der Waals surface area contributed by atoms with Crippen LogP contribution in [0.4, 0.5) is 4.39 Å². The first-order valence-electron chi connectivity index (χ1n) is 5.52. The second kappa shape index (κ2) is 5.14. The third kappa shape index (κ3) is 2.74. The second-order valence-electron chi connectivity index (χ2n) is 4.02. The molecule has 1 fully saturated rings. The van der Waals surface area contributed by atoms with E-state index < -0.39 is 0 Å². The summed E-state index contributed by atoms with van der Waals surface area (Å²) in [5, 5.41) is 5.86. The van der Waals surface area contributed by atoms with Crippen molar-refractivity contribution >= 4 is 5.91 Å². The Kier molecular flexibility index (Phi) is 3.58. The fourth-order valence-corrected chi connectivity index (χ4v) is 1.85. The van der Waals surface area contributed by atoms with Crippen molar-refractivity contribution in [3.63, 3.8) is 0 Å². The van der Waals surface area contributed by atoms with E-state index in [0.717, 1.165) is 0 Å². The summed E-state index contributed by atoms with van der Waals surface area (Å²) >= 11 is 0. The van der Waals surface area contributed by atoms with Gasteiger partial charge >= 0.3 is 0 Å². The van der Waals surface area contributed by atoms with Crippen molar-refractivity contribution in [1.82, 2.24) is 10.6 Å². The minimum atomic E-state index is -0.347. The molecule has 1 heterocycles. The van der Waals surface area contributed by atoms with Gasteiger partial charge in [-0.05, 0) is 6.07 Å². The summed E-state index contributed by atoms with van der Waals surface area (Å²) in [5.74, 6) is -0.0710. The quantitative estimate of drug-likeness (QED) is 0.816. The average molecular weight is 238 g/mol. The van der Waals surface area contributed by atoms with Crippen LogP contribution in [0.15, 0.2) is 18.2 Å². The van der Waals surface area contributed by atoms with Crippen molar-refractivity contribution in [2.24, 2.45) is 0 Å². The molecule has 17 heavy (non-hydrogen) atoms. The molecule has 1 aliphatic heterocycles. The number of rotatable bonds is 4. The number of ether oxygens (including phenoxy) is 1. The number of amides is 1. The van der Waals surface area contributed by atoms with Gasteiger partial charge in [-0.25, -0.2) is 4.39 Å². The molecule has 1 aromatic rings. The van der Waals surface area contributed by atoms with E-state index in [1.807, 2.05) is 0 Å². The Labute approximate surface area is 99.2 Å². The van der Waals surface area contributed by atoms with E-state index in [-0.39, 0.29) is 23.5 Å². The number of carbonyl (C=O) groups is 1. The molecule has 1 aromatic carbocycles. The number of hydrogen-bond acceptors (Lipinski definition) is 3. The number of benzene rings is 1.